The molecule has 0 aromatic carbocycles. The zero-order chi connectivity index (χ0) is 13.9. The molecule has 0 amide bonds. The molecular weight excluding hydrogens is 252 g/mol. The summed E-state index contributed by atoms with van der Waals surface area (Å²) in [6, 6.07) is 0. The number of rotatable bonds is 12. The lowest BCUT2D eigenvalue weighted by Gasteiger charge is -2.02. The van der Waals surface area contributed by atoms with Gasteiger partial charge in [0, 0.05) is 6.42 Å². The summed E-state index contributed by atoms with van der Waals surface area (Å²) in [7, 11) is -3.49. The summed E-state index contributed by atoms with van der Waals surface area (Å²) in [5.74, 6) is -0.133. The fraction of sp³-hybridized carbons (Fsp3) is 0.923. The summed E-state index contributed by atoms with van der Waals surface area (Å²) >= 11 is 0. The zero-order valence-electron chi connectivity index (χ0n) is 11.6. The molecule has 0 saturated heterocycles. The van der Waals surface area contributed by atoms with Crippen molar-refractivity contribution in [1.82, 2.24) is 0 Å². The summed E-state index contributed by atoms with van der Waals surface area (Å²) in [4.78, 5) is 11.3. The first-order valence-electron chi connectivity index (χ1n) is 6.82. The van der Waals surface area contributed by atoms with E-state index in [1.54, 1.807) is 0 Å². The second-order valence-corrected chi connectivity index (χ2v) is 6.37. The van der Waals surface area contributed by atoms with Gasteiger partial charge in [-0.1, -0.05) is 51.9 Å². The van der Waals surface area contributed by atoms with Crippen LogP contribution in [0.1, 0.15) is 64.7 Å². The molecule has 18 heavy (non-hydrogen) atoms. The van der Waals surface area contributed by atoms with Gasteiger partial charge in [-0.05, 0) is 6.42 Å². The lowest BCUT2D eigenvalue weighted by atomic mass is 10.1. The Morgan fingerprint density at radius 3 is 1.94 bits per heavy atom. The van der Waals surface area contributed by atoms with Crippen LogP contribution in [0.5, 0.6) is 0 Å². The molecule has 0 aliphatic carbocycles. The van der Waals surface area contributed by atoms with Crippen molar-refractivity contribution in [3.05, 3.63) is 0 Å². The molecule has 0 saturated carbocycles. The molecule has 0 aliphatic heterocycles. The van der Waals surface area contributed by atoms with Crippen molar-refractivity contribution in [3.63, 3.8) is 0 Å². The van der Waals surface area contributed by atoms with E-state index < -0.39 is 10.1 Å². The van der Waals surface area contributed by atoms with Crippen LogP contribution in [-0.2, 0) is 19.1 Å². The van der Waals surface area contributed by atoms with Gasteiger partial charge in [-0.25, -0.2) is 0 Å². The maximum Gasteiger partial charge on any atom is 0.264 e. The Kier molecular flexibility index (Phi) is 10.3. The van der Waals surface area contributed by atoms with Crippen molar-refractivity contribution >= 4 is 15.9 Å². The van der Waals surface area contributed by atoms with Crippen LogP contribution < -0.4 is 0 Å². The number of ketones is 1. The smallest absolute Gasteiger partial charge is 0.264 e. The monoisotopic (exact) mass is 278 g/mol. The van der Waals surface area contributed by atoms with Gasteiger partial charge in [0.2, 0.25) is 0 Å². The van der Waals surface area contributed by atoms with Crippen LogP contribution >= 0.6 is 0 Å². The van der Waals surface area contributed by atoms with E-state index in [1.165, 1.54) is 32.1 Å². The Morgan fingerprint density at radius 2 is 1.44 bits per heavy atom. The highest BCUT2D eigenvalue weighted by Gasteiger charge is 2.07. The Labute approximate surface area is 111 Å². The molecule has 0 aromatic rings. The fourth-order valence-corrected chi connectivity index (χ4v) is 2.05. The molecule has 0 aliphatic rings. The van der Waals surface area contributed by atoms with E-state index in [0.717, 1.165) is 25.5 Å². The standard InChI is InChI=1S/C13H26O4S/c1-3-4-5-6-7-8-9-10-11-13(14)12-17-18(2,15)16/h3-12H2,1-2H3. The quantitative estimate of drug-likeness (QED) is 0.406. The predicted octanol–water partition coefficient (Wildman–Crippen LogP) is 3.06. The largest absolute Gasteiger partial charge is 0.297 e. The van der Waals surface area contributed by atoms with Crippen molar-refractivity contribution in [2.24, 2.45) is 0 Å². The van der Waals surface area contributed by atoms with E-state index in [2.05, 4.69) is 11.1 Å². The highest BCUT2D eigenvalue weighted by Crippen LogP contribution is 2.09. The molecule has 0 unspecified atom stereocenters. The summed E-state index contributed by atoms with van der Waals surface area (Å²) in [6.07, 6.45) is 10.8. The SMILES string of the molecule is CCCCCCCCCCC(=O)COS(C)(=O)=O. The molecule has 4 nitrogen and oxygen atoms in total. The molecule has 5 heteroatoms. The first kappa shape index (κ1) is 17.6. The first-order valence-corrected chi connectivity index (χ1v) is 8.63. The van der Waals surface area contributed by atoms with Crippen LogP contribution in [0, 0.1) is 0 Å². The molecular formula is C13H26O4S. The average molecular weight is 278 g/mol. The third kappa shape index (κ3) is 13.6. The lowest BCUT2D eigenvalue weighted by molar-refractivity contribution is -0.121. The highest BCUT2D eigenvalue weighted by atomic mass is 32.2. The summed E-state index contributed by atoms with van der Waals surface area (Å²) in [5, 5.41) is 0. The van der Waals surface area contributed by atoms with Crippen molar-refractivity contribution in [1.29, 1.82) is 0 Å². The Balaban J connectivity index is 3.30. The van der Waals surface area contributed by atoms with E-state index in [1.807, 2.05) is 0 Å². The maximum atomic E-state index is 11.3. The van der Waals surface area contributed by atoms with Gasteiger partial charge in [-0.15, -0.1) is 0 Å². The minimum atomic E-state index is -3.49. The summed E-state index contributed by atoms with van der Waals surface area (Å²) in [6.45, 7) is 1.89. The van der Waals surface area contributed by atoms with Crippen LogP contribution in [0.15, 0.2) is 0 Å². The highest BCUT2D eigenvalue weighted by molar-refractivity contribution is 7.86. The van der Waals surface area contributed by atoms with E-state index in [0.29, 0.717) is 6.42 Å². The molecule has 0 bridgehead atoms. The molecule has 0 fully saturated rings. The van der Waals surface area contributed by atoms with Crippen LogP contribution in [-0.4, -0.2) is 27.1 Å². The lowest BCUT2D eigenvalue weighted by Crippen LogP contribution is -2.12. The number of carbonyl (C=O) groups is 1. The van der Waals surface area contributed by atoms with Crippen LogP contribution in [0.2, 0.25) is 0 Å². The summed E-state index contributed by atoms with van der Waals surface area (Å²) < 4.78 is 25.8. The van der Waals surface area contributed by atoms with Gasteiger partial charge >= 0.3 is 0 Å². The van der Waals surface area contributed by atoms with Gasteiger partial charge in [0.05, 0.1) is 6.26 Å². The minimum Gasteiger partial charge on any atom is -0.297 e. The van der Waals surface area contributed by atoms with Crippen molar-refractivity contribution in [3.8, 4) is 0 Å². The van der Waals surface area contributed by atoms with E-state index in [4.69, 9.17) is 0 Å². The van der Waals surface area contributed by atoms with Crippen molar-refractivity contribution in [2.45, 2.75) is 64.7 Å². The van der Waals surface area contributed by atoms with Crippen LogP contribution in [0.25, 0.3) is 0 Å². The molecule has 0 radical (unpaired) electrons. The fourth-order valence-electron chi connectivity index (χ4n) is 1.70. The molecule has 0 N–H and O–H groups in total. The maximum absolute atomic E-state index is 11.3. The van der Waals surface area contributed by atoms with Gasteiger partial charge in [0.1, 0.15) is 6.61 Å². The van der Waals surface area contributed by atoms with Gasteiger partial charge in [0.25, 0.3) is 10.1 Å². The third-order valence-electron chi connectivity index (χ3n) is 2.74. The van der Waals surface area contributed by atoms with Gasteiger partial charge in [0.15, 0.2) is 5.78 Å². The third-order valence-corrected chi connectivity index (χ3v) is 3.29. The predicted molar refractivity (Wildman–Crippen MR) is 73.0 cm³/mol. The normalized spacial score (nSPS) is 11.7. The average Bonchev–Trinajstić information content (AvgIpc) is 2.29. The molecule has 0 heterocycles. The Hall–Kier alpha value is -0.420. The minimum absolute atomic E-state index is 0.133. The number of hydrogen-bond donors (Lipinski definition) is 0. The topological polar surface area (TPSA) is 60.4 Å². The number of Topliss-reactive ketones (excluding diaryl/α,β-unsaturated/α-hetero) is 1. The van der Waals surface area contributed by atoms with Crippen molar-refractivity contribution < 1.29 is 17.4 Å². The first-order chi connectivity index (χ1) is 8.45. The van der Waals surface area contributed by atoms with E-state index in [-0.39, 0.29) is 12.4 Å². The molecule has 0 atom stereocenters. The van der Waals surface area contributed by atoms with Gasteiger partial charge in [-0.3, -0.25) is 8.98 Å². The Morgan fingerprint density at radius 1 is 0.944 bits per heavy atom. The second-order valence-electron chi connectivity index (χ2n) is 4.73. The number of unbranched alkanes of at least 4 members (excludes halogenated alkanes) is 7. The Bertz CT molecular complexity index is 309. The molecule has 0 rings (SSSR count). The van der Waals surface area contributed by atoms with Gasteiger partial charge in [-0.2, -0.15) is 8.42 Å². The number of carbonyl (C=O) groups excluding carboxylic acids is 1. The molecule has 0 spiro atoms. The van der Waals surface area contributed by atoms with Crippen LogP contribution in [0.4, 0.5) is 0 Å². The van der Waals surface area contributed by atoms with E-state index in [9.17, 15) is 13.2 Å². The van der Waals surface area contributed by atoms with Crippen LogP contribution in [0.3, 0.4) is 0 Å². The molecule has 0 aromatic heterocycles. The van der Waals surface area contributed by atoms with E-state index >= 15 is 0 Å². The molecule has 108 valence electrons. The number of hydrogen-bond acceptors (Lipinski definition) is 4. The second kappa shape index (κ2) is 10.5. The van der Waals surface area contributed by atoms with Crippen molar-refractivity contribution in [2.75, 3.05) is 12.9 Å². The summed E-state index contributed by atoms with van der Waals surface area (Å²) in [5.41, 5.74) is 0. The van der Waals surface area contributed by atoms with Gasteiger partial charge < -0.3 is 0 Å². The zero-order valence-corrected chi connectivity index (χ0v) is 12.4.